The molecule has 0 aromatic carbocycles. The summed E-state index contributed by atoms with van der Waals surface area (Å²) in [5, 5.41) is 5.00. The molecule has 0 bridgehead atoms. The van der Waals surface area contributed by atoms with Gasteiger partial charge in [-0.2, -0.15) is 13.1 Å². The van der Waals surface area contributed by atoms with Gasteiger partial charge in [0.2, 0.25) is 5.88 Å². The minimum Gasteiger partial charge on any atom is -0.481 e. The summed E-state index contributed by atoms with van der Waals surface area (Å²) in [6, 6.07) is 1.67. The molecule has 2 heterocycles. The number of anilines is 1. The van der Waals surface area contributed by atoms with Crippen LogP contribution < -0.4 is 26.1 Å². The molecule has 1 saturated heterocycles. The van der Waals surface area contributed by atoms with Crippen LogP contribution in [-0.4, -0.2) is 44.5 Å². The number of likely N-dealkylation sites (tertiary alicyclic amines) is 1. The molecule has 0 radical (unpaired) electrons. The Hall–Kier alpha value is -2.04. The minimum absolute atomic E-state index is 0.0847. The van der Waals surface area contributed by atoms with Crippen molar-refractivity contribution < 1.29 is 13.2 Å². The van der Waals surface area contributed by atoms with E-state index >= 15 is 0 Å². The highest BCUT2D eigenvalue weighted by molar-refractivity contribution is 7.87. The quantitative estimate of drug-likeness (QED) is 0.540. The molecule has 0 atom stereocenters. The van der Waals surface area contributed by atoms with Gasteiger partial charge < -0.3 is 21.1 Å². The Labute approximate surface area is 141 Å². The van der Waals surface area contributed by atoms with Gasteiger partial charge in [0, 0.05) is 42.4 Å². The van der Waals surface area contributed by atoms with Crippen LogP contribution in [-0.2, 0) is 10.2 Å². The van der Waals surface area contributed by atoms with Crippen LogP contribution in [0.5, 0.6) is 5.88 Å². The van der Waals surface area contributed by atoms with E-state index in [1.54, 1.807) is 19.4 Å². The Morgan fingerprint density at radius 2 is 2.17 bits per heavy atom. The van der Waals surface area contributed by atoms with E-state index < -0.39 is 10.2 Å². The van der Waals surface area contributed by atoms with E-state index in [9.17, 15) is 8.42 Å². The molecule has 1 aliphatic heterocycles. The van der Waals surface area contributed by atoms with Gasteiger partial charge in [-0.1, -0.05) is 0 Å². The number of hydrogen-bond acceptors (Lipinski definition) is 7. The molecular formula is C14H22N6O3S. The van der Waals surface area contributed by atoms with Gasteiger partial charge in [0.1, 0.15) is 0 Å². The number of rotatable bonds is 5. The Balaban J connectivity index is 1.65. The molecule has 7 N–H and O–H groups in total. The third-order valence-corrected chi connectivity index (χ3v) is 5.30. The van der Waals surface area contributed by atoms with Crippen molar-refractivity contribution in [1.82, 2.24) is 14.6 Å². The molecule has 1 aliphatic carbocycles. The molecule has 1 spiro atoms. The first-order valence-corrected chi connectivity index (χ1v) is 9.07. The van der Waals surface area contributed by atoms with Gasteiger partial charge in [-0.25, -0.2) is 10.1 Å². The molecule has 2 fully saturated rings. The van der Waals surface area contributed by atoms with Gasteiger partial charge in [0.05, 0.1) is 24.7 Å². The van der Waals surface area contributed by atoms with E-state index in [0.29, 0.717) is 11.6 Å². The maximum absolute atomic E-state index is 11.1. The zero-order valence-electron chi connectivity index (χ0n) is 13.4. The largest absolute Gasteiger partial charge is 0.481 e. The summed E-state index contributed by atoms with van der Waals surface area (Å²) in [7, 11) is -2.10. The molecule has 1 aromatic heterocycles. The number of nitrogens with two attached hydrogens (primary N) is 3. The number of aromatic nitrogens is 1. The van der Waals surface area contributed by atoms with Gasteiger partial charge in [-0.15, -0.1) is 0 Å². The fourth-order valence-electron chi connectivity index (χ4n) is 3.64. The van der Waals surface area contributed by atoms with Crippen LogP contribution in [0, 0.1) is 5.41 Å². The number of nitrogen functional groups attached to an aromatic ring is 1. The van der Waals surface area contributed by atoms with Gasteiger partial charge in [-0.3, -0.25) is 0 Å². The van der Waals surface area contributed by atoms with Crippen LogP contribution in [0.25, 0.3) is 5.70 Å². The summed E-state index contributed by atoms with van der Waals surface area (Å²) >= 11 is 0. The van der Waals surface area contributed by atoms with Crippen molar-refractivity contribution in [3.05, 3.63) is 24.0 Å². The van der Waals surface area contributed by atoms with Crippen molar-refractivity contribution in [3.8, 4) is 5.88 Å². The van der Waals surface area contributed by atoms with E-state index in [4.69, 9.17) is 21.3 Å². The zero-order chi connectivity index (χ0) is 17.5. The second-order valence-electron chi connectivity index (χ2n) is 6.49. The number of pyridine rings is 1. The molecule has 10 heteroatoms. The zero-order valence-corrected chi connectivity index (χ0v) is 14.2. The van der Waals surface area contributed by atoms with Gasteiger partial charge in [0.15, 0.2) is 0 Å². The summed E-state index contributed by atoms with van der Waals surface area (Å²) < 4.78 is 29.7. The standard InChI is InChI=1S/C14H22N6O3S/c1-23-13-2-10(11(16)6-18-13)12(5-15)20-7-14(8-20)3-9(4-14)19-24(17,21)22/h2,5-6,9,19H,3-4,7-8,15-16H2,1H3,(H2,17,21,22)/b12-5+. The lowest BCUT2D eigenvalue weighted by molar-refractivity contribution is -0.0414. The molecule has 3 rings (SSSR count). The molecule has 9 nitrogen and oxygen atoms in total. The number of hydrogen-bond donors (Lipinski definition) is 4. The first-order valence-electron chi connectivity index (χ1n) is 7.52. The Bertz CT molecular complexity index is 765. The summed E-state index contributed by atoms with van der Waals surface area (Å²) in [6.45, 7) is 1.59. The van der Waals surface area contributed by atoms with Gasteiger partial charge in [0.25, 0.3) is 10.2 Å². The molecule has 2 aliphatic rings. The van der Waals surface area contributed by atoms with Gasteiger partial charge >= 0.3 is 0 Å². The Morgan fingerprint density at radius 3 is 2.71 bits per heavy atom. The molecular weight excluding hydrogens is 332 g/mol. The highest BCUT2D eigenvalue weighted by Gasteiger charge is 2.53. The lowest BCUT2D eigenvalue weighted by Gasteiger charge is -2.60. The molecule has 0 unspecified atom stereocenters. The van der Waals surface area contributed by atoms with Crippen molar-refractivity contribution in [2.45, 2.75) is 18.9 Å². The third-order valence-electron chi connectivity index (χ3n) is 4.64. The predicted octanol–water partition coefficient (Wildman–Crippen LogP) is -0.813. The van der Waals surface area contributed by atoms with E-state index in [1.807, 2.05) is 0 Å². The second-order valence-corrected chi connectivity index (χ2v) is 7.82. The van der Waals surface area contributed by atoms with Crippen LogP contribution in [0.4, 0.5) is 5.69 Å². The molecule has 1 aromatic rings. The smallest absolute Gasteiger partial charge is 0.274 e. The summed E-state index contributed by atoms with van der Waals surface area (Å²) in [6.07, 6.45) is 4.61. The lowest BCUT2D eigenvalue weighted by Crippen LogP contribution is -2.66. The second kappa shape index (κ2) is 5.80. The number of nitrogens with one attached hydrogen (secondary N) is 1. The molecule has 1 saturated carbocycles. The molecule has 132 valence electrons. The third kappa shape index (κ3) is 3.12. The monoisotopic (exact) mass is 354 g/mol. The average Bonchev–Trinajstić information content (AvgIpc) is 2.43. The van der Waals surface area contributed by atoms with Gasteiger partial charge in [-0.05, 0) is 12.8 Å². The first-order chi connectivity index (χ1) is 11.3. The fraction of sp³-hybridized carbons (Fsp3) is 0.500. The average molecular weight is 354 g/mol. The van der Waals surface area contributed by atoms with E-state index in [0.717, 1.165) is 37.2 Å². The lowest BCUT2D eigenvalue weighted by atomic mass is 9.61. The van der Waals surface area contributed by atoms with Crippen molar-refractivity contribution in [2.75, 3.05) is 25.9 Å². The van der Waals surface area contributed by atoms with Crippen LogP contribution in [0.2, 0.25) is 0 Å². The maximum atomic E-state index is 11.1. The van der Waals surface area contributed by atoms with E-state index in [2.05, 4.69) is 14.6 Å². The fourth-order valence-corrected chi connectivity index (χ4v) is 4.27. The highest BCUT2D eigenvalue weighted by atomic mass is 32.2. The van der Waals surface area contributed by atoms with Crippen molar-refractivity contribution in [1.29, 1.82) is 0 Å². The highest BCUT2D eigenvalue weighted by Crippen LogP contribution is 2.51. The van der Waals surface area contributed by atoms with Crippen molar-refractivity contribution >= 4 is 21.6 Å². The van der Waals surface area contributed by atoms with Crippen LogP contribution in [0.3, 0.4) is 0 Å². The number of methoxy groups -OCH3 is 1. The number of ether oxygens (including phenoxy) is 1. The molecule has 24 heavy (non-hydrogen) atoms. The Morgan fingerprint density at radius 1 is 1.50 bits per heavy atom. The normalized spacial score (nSPS) is 20.6. The van der Waals surface area contributed by atoms with Crippen LogP contribution in [0.15, 0.2) is 18.5 Å². The summed E-state index contributed by atoms with van der Waals surface area (Å²) in [5.41, 5.74) is 14.1. The number of nitrogens with zero attached hydrogens (tertiary/aromatic N) is 2. The van der Waals surface area contributed by atoms with Crippen LogP contribution >= 0.6 is 0 Å². The van der Waals surface area contributed by atoms with E-state index in [-0.39, 0.29) is 11.5 Å². The SMILES string of the molecule is COc1cc(/C(=C\N)N2CC3(CC(NS(N)(=O)=O)C3)C2)c(N)cn1. The molecule has 0 amide bonds. The maximum Gasteiger partial charge on any atom is 0.274 e. The van der Waals surface area contributed by atoms with E-state index in [1.165, 1.54) is 6.20 Å². The minimum atomic E-state index is -3.64. The summed E-state index contributed by atoms with van der Waals surface area (Å²) in [5.74, 6) is 0.467. The van der Waals surface area contributed by atoms with Crippen LogP contribution in [0.1, 0.15) is 18.4 Å². The van der Waals surface area contributed by atoms with Crippen molar-refractivity contribution in [3.63, 3.8) is 0 Å². The summed E-state index contributed by atoms with van der Waals surface area (Å²) in [4.78, 5) is 6.19. The van der Waals surface area contributed by atoms with Crippen molar-refractivity contribution in [2.24, 2.45) is 16.3 Å². The predicted molar refractivity (Wildman–Crippen MR) is 90.6 cm³/mol. The first kappa shape index (κ1) is 16.8. The Kier molecular flexibility index (Phi) is 4.06. The topological polar surface area (TPSA) is 150 Å².